The summed E-state index contributed by atoms with van der Waals surface area (Å²) in [5, 5.41) is 19.5. The van der Waals surface area contributed by atoms with Gasteiger partial charge in [-0.15, -0.1) is 5.10 Å². The lowest BCUT2D eigenvalue weighted by molar-refractivity contribution is -0.138. The number of carbonyl (C=O) groups excluding carboxylic acids is 1. The molecule has 134 valence electrons. The summed E-state index contributed by atoms with van der Waals surface area (Å²) >= 11 is 13.1. The maximum absolute atomic E-state index is 11.6. The van der Waals surface area contributed by atoms with Crippen molar-refractivity contribution in [2.75, 3.05) is 0 Å². The molecule has 1 aliphatic heterocycles. The number of hydrogen-bond donors (Lipinski definition) is 2. The van der Waals surface area contributed by atoms with E-state index in [4.69, 9.17) is 32.7 Å². The molecule has 26 heavy (non-hydrogen) atoms. The molecule has 3 rings (SSSR count). The van der Waals surface area contributed by atoms with Crippen LogP contribution in [0.4, 0.5) is 0 Å². The maximum atomic E-state index is 11.6. The molecule has 7 nitrogen and oxygen atoms in total. The Bertz CT molecular complexity index is 926. The van der Waals surface area contributed by atoms with E-state index in [2.05, 4.69) is 15.5 Å². The van der Waals surface area contributed by atoms with Crippen molar-refractivity contribution < 1.29 is 19.1 Å². The number of thioether (sulfide) groups is 1. The highest BCUT2D eigenvalue weighted by Gasteiger charge is 2.32. The van der Waals surface area contributed by atoms with E-state index in [0.717, 1.165) is 11.8 Å². The predicted molar refractivity (Wildman–Crippen MR) is 101 cm³/mol. The Morgan fingerprint density at radius 2 is 2.15 bits per heavy atom. The van der Waals surface area contributed by atoms with E-state index in [0.29, 0.717) is 27.1 Å². The molecule has 1 fully saturated rings. The molecule has 1 aromatic carbocycles. The molecule has 1 aliphatic rings. The molecule has 1 amide bonds. The Morgan fingerprint density at radius 1 is 1.35 bits per heavy atom. The average molecular weight is 412 g/mol. The van der Waals surface area contributed by atoms with Crippen molar-refractivity contribution in [2.45, 2.75) is 11.7 Å². The number of hydrogen-bond acceptors (Lipinski definition) is 6. The third kappa shape index (κ3) is 4.46. The quantitative estimate of drug-likeness (QED) is 0.576. The number of amides is 1. The number of amidine groups is 1. The number of halogens is 2. The topological polar surface area (TPSA) is 104 Å². The Labute approximate surface area is 162 Å². The van der Waals surface area contributed by atoms with Crippen molar-refractivity contribution in [3.05, 3.63) is 46.1 Å². The Hall–Kier alpha value is -2.29. The summed E-state index contributed by atoms with van der Waals surface area (Å²) in [6.07, 6.45) is 1.09. The van der Waals surface area contributed by atoms with Crippen LogP contribution in [0.1, 0.15) is 12.2 Å². The van der Waals surface area contributed by atoms with Crippen LogP contribution in [-0.4, -0.2) is 33.6 Å². The molecule has 10 heteroatoms. The third-order valence-corrected chi connectivity index (χ3v) is 4.93. The van der Waals surface area contributed by atoms with Gasteiger partial charge in [0.05, 0.1) is 17.7 Å². The fourth-order valence-corrected chi connectivity index (χ4v) is 3.43. The number of nitrogens with zero attached hydrogens (tertiary/aromatic N) is 2. The van der Waals surface area contributed by atoms with Gasteiger partial charge >= 0.3 is 5.97 Å². The van der Waals surface area contributed by atoms with Crippen LogP contribution in [0, 0.1) is 0 Å². The van der Waals surface area contributed by atoms with Gasteiger partial charge in [-0.05, 0) is 30.3 Å². The summed E-state index contributed by atoms with van der Waals surface area (Å²) < 4.78 is 5.63. The molecule has 1 unspecified atom stereocenters. The molecule has 0 spiro atoms. The maximum Gasteiger partial charge on any atom is 0.305 e. The highest BCUT2D eigenvalue weighted by atomic mass is 35.5. The van der Waals surface area contributed by atoms with Gasteiger partial charge in [0.2, 0.25) is 5.91 Å². The zero-order valence-corrected chi connectivity index (χ0v) is 15.3. The summed E-state index contributed by atoms with van der Waals surface area (Å²) in [6, 6.07) is 8.46. The number of nitrogens with one attached hydrogen (secondary N) is 1. The van der Waals surface area contributed by atoms with E-state index in [-0.39, 0.29) is 11.6 Å². The second-order valence-corrected chi connectivity index (χ2v) is 7.20. The SMILES string of the molecule is O=C(O)CC1SC(=NN=Cc2ccc(-c3cc(Cl)ccc3Cl)o2)NC1=O. The first-order valence-corrected chi connectivity index (χ1v) is 8.91. The summed E-state index contributed by atoms with van der Waals surface area (Å²) in [7, 11) is 0. The number of rotatable bonds is 5. The highest BCUT2D eigenvalue weighted by Crippen LogP contribution is 2.31. The van der Waals surface area contributed by atoms with Crippen LogP contribution in [0.2, 0.25) is 10.0 Å². The number of aliphatic carboxylic acids is 1. The van der Waals surface area contributed by atoms with Gasteiger partial charge in [0.15, 0.2) is 5.17 Å². The smallest absolute Gasteiger partial charge is 0.305 e. The molecule has 0 saturated carbocycles. The molecule has 0 radical (unpaired) electrons. The van der Waals surface area contributed by atoms with Crippen molar-refractivity contribution in [1.82, 2.24) is 5.32 Å². The first kappa shape index (κ1) is 18.5. The molecular formula is C16H11Cl2N3O4S. The van der Waals surface area contributed by atoms with Crippen molar-refractivity contribution in [2.24, 2.45) is 10.2 Å². The van der Waals surface area contributed by atoms with Gasteiger partial charge < -0.3 is 14.8 Å². The van der Waals surface area contributed by atoms with Crippen LogP contribution in [0.15, 0.2) is 45.0 Å². The minimum Gasteiger partial charge on any atom is -0.481 e. The number of benzene rings is 1. The van der Waals surface area contributed by atoms with Crippen molar-refractivity contribution in [3.63, 3.8) is 0 Å². The summed E-state index contributed by atoms with van der Waals surface area (Å²) in [4.78, 5) is 22.3. The molecule has 0 aliphatic carbocycles. The number of carboxylic acid groups (broad SMARTS) is 1. The van der Waals surface area contributed by atoms with Gasteiger partial charge in [-0.25, -0.2) is 0 Å². The number of furan rings is 1. The predicted octanol–water partition coefficient (Wildman–Crippen LogP) is 3.65. The largest absolute Gasteiger partial charge is 0.481 e. The van der Waals surface area contributed by atoms with Gasteiger partial charge in [0, 0.05) is 10.6 Å². The van der Waals surface area contributed by atoms with E-state index >= 15 is 0 Å². The molecule has 1 atom stereocenters. The third-order valence-electron chi connectivity index (χ3n) is 3.29. The summed E-state index contributed by atoms with van der Waals surface area (Å²) in [6.45, 7) is 0. The monoisotopic (exact) mass is 411 g/mol. The van der Waals surface area contributed by atoms with Gasteiger partial charge in [-0.2, -0.15) is 5.10 Å². The standard InChI is InChI=1S/C16H11Cl2N3O4S/c17-8-1-3-11(18)10(5-8)12-4-2-9(25-12)7-19-21-16-20-15(24)13(26-16)6-14(22)23/h1-5,7,13H,6H2,(H,22,23)(H,20,21,24). The van der Waals surface area contributed by atoms with E-state index in [1.807, 2.05) is 0 Å². The van der Waals surface area contributed by atoms with Crippen molar-refractivity contribution in [3.8, 4) is 11.3 Å². The summed E-state index contributed by atoms with van der Waals surface area (Å²) in [5.74, 6) is -0.499. The second-order valence-electron chi connectivity index (χ2n) is 5.17. The first-order valence-electron chi connectivity index (χ1n) is 7.28. The van der Waals surface area contributed by atoms with Gasteiger partial charge in [0.1, 0.15) is 16.8 Å². The molecule has 2 aromatic rings. The fourth-order valence-electron chi connectivity index (χ4n) is 2.14. The molecule has 2 N–H and O–H groups in total. The fraction of sp³-hybridized carbons (Fsp3) is 0.125. The Kier molecular flexibility index (Phi) is 5.65. The van der Waals surface area contributed by atoms with Crippen LogP contribution in [-0.2, 0) is 9.59 Å². The number of carboxylic acids is 1. The zero-order chi connectivity index (χ0) is 18.7. The molecule has 2 heterocycles. The van der Waals surface area contributed by atoms with Gasteiger partial charge in [0.25, 0.3) is 0 Å². The Morgan fingerprint density at radius 3 is 2.92 bits per heavy atom. The van der Waals surface area contributed by atoms with E-state index in [1.165, 1.54) is 6.21 Å². The van der Waals surface area contributed by atoms with Gasteiger partial charge in [-0.1, -0.05) is 35.0 Å². The van der Waals surface area contributed by atoms with E-state index in [1.54, 1.807) is 30.3 Å². The molecular weight excluding hydrogens is 401 g/mol. The van der Waals surface area contributed by atoms with Crippen LogP contribution < -0.4 is 5.32 Å². The lowest BCUT2D eigenvalue weighted by atomic mass is 10.2. The average Bonchev–Trinajstić information content (AvgIpc) is 3.17. The zero-order valence-electron chi connectivity index (χ0n) is 13.0. The molecule has 0 bridgehead atoms. The minimum absolute atomic E-state index is 0.238. The normalized spacial score (nSPS) is 18.6. The molecule has 1 saturated heterocycles. The molecule has 1 aromatic heterocycles. The van der Waals surface area contributed by atoms with E-state index < -0.39 is 17.1 Å². The van der Waals surface area contributed by atoms with Crippen LogP contribution in [0.5, 0.6) is 0 Å². The summed E-state index contributed by atoms with van der Waals surface area (Å²) in [5.41, 5.74) is 0.653. The second kappa shape index (κ2) is 7.94. The lowest BCUT2D eigenvalue weighted by Crippen LogP contribution is -2.26. The highest BCUT2D eigenvalue weighted by molar-refractivity contribution is 8.15. The van der Waals surface area contributed by atoms with Crippen molar-refractivity contribution >= 4 is 58.2 Å². The Balaban J connectivity index is 1.69. The van der Waals surface area contributed by atoms with Crippen molar-refractivity contribution in [1.29, 1.82) is 0 Å². The lowest BCUT2D eigenvalue weighted by Gasteiger charge is -2.00. The number of carbonyl (C=O) groups is 2. The van der Waals surface area contributed by atoms with E-state index in [9.17, 15) is 9.59 Å². The first-order chi connectivity index (χ1) is 12.4. The van der Waals surface area contributed by atoms with Crippen LogP contribution in [0.25, 0.3) is 11.3 Å². The van der Waals surface area contributed by atoms with Crippen LogP contribution in [0.3, 0.4) is 0 Å². The van der Waals surface area contributed by atoms with Crippen LogP contribution >= 0.6 is 35.0 Å². The minimum atomic E-state index is -1.05. The van der Waals surface area contributed by atoms with Gasteiger partial charge in [-0.3, -0.25) is 9.59 Å².